The number of halogens is 5. The Morgan fingerprint density at radius 3 is 2.47 bits per heavy atom. The minimum absolute atomic E-state index is 0.133. The van der Waals surface area contributed by atoms with Gasteiger partial charge >= 0.3 is 0 Å². The first-order valence-electron chi connectivity index (χ1n) is 5.29. The minimum Gasteiger partial charge on any atom is -0.379 e. The lowest BCUT2D eigenvalue weighted by Crippen LogP contribution is -2.03. The van der Waals surface area contributed by atoms with Crippen LogP contribution in [0.5, 0.6) is 0 Å². The van der Waals surface area contributed by atoms with Gasteiger partial charge in [0.2, 0.25) is 0 Å². The van der Waals surface area contributed by atoms with Gasteiger partial charge in [-0.05, 0) is 39.7 Å². The lowest BCUT2D eigenvalue weighted by molar-refractivity contribution is 0.580. The highest BCUT2D eigenvalue weighted by Gasteiger charge is 2.09. The smallest absolute Gasteiger partial charge is 0.149 e. The Morgan fingerprint density at radius 2 is 1.79 bits per heavy atom. The Bertz CT molecular complexity index is 619. The Balaban J connectivity index is 2.16. The third-order valence-corrected chi connectivity index (χ3v) is 3.45. The molecule has 0 aliphatic rings. The summed E-state index contributed by atoms with van der Waals surface area (Å²) >= 11 is 8.82. The van der Waals surface area contributed by atoms with Crippen molar-refractivity contribution in [2.24, 2.45) is 0 Å². The van der Waals surface area contributed by atoms with Crippen molar-refractivity contribution >= 4 is 33.2 Å². The summed E-state index contributed by atoms with van der Waals surface area (Å²) in [6, 6.07) is 6.01. The molecule has 0 atom stereocenters. The molecule has 2 aromatic rings. The van der Waals surface area contributed by atoms with Crippen LogP contribution in [0.15, 0.2) is 34.8 Å². The third kappa shape index (κ3) is 3.42. The zero-order valence-corrected chi connectivity index (χ0v) is 11.8. The number of benzene rings is 2. The molecular formula is C13H8BrClF3N. The van der Waals surface area contributed by atoms with Crippen LogP contribution in [0.2, 0.25) is 5.02 Å². The van der Waals surface area contributed by atoms with E-state index in [1.54, 1.807) is 0 Å². The summed E-state index contributed by atoms with van der Waals surface area (Å²) in [5.74, 6) is -1.83. The van der Waals surface area contributed by atoms with E-state index in [1.165, 1.54) is 24.3 Å². The van der Waals surface area contributed by atoms with E-state index < -0.39 is 17.5 Å². The Morgan fingerprint density at radius 1 is 1.05 bits per heavy atom. The molecule has 2 aromatic carbocycles. The minimum atomic E-state index is -0.709. The summed E-state index contributed by atoms with van der Waals surface area (Å²) in [5.41, 5.74) is 0.747. The van der Waals surface area contributed by atoms with Crippen LogP contribution in [-0.4, -0.2) is 0 Å². The van der Waals surface area contributed by atoms with E-state index in [0.717, 1.165) is 6.07 Å². The number of rotatable bonds is 3. The molecule has 0 radical (unpaired) electrons. The molecule has 0 unspecified atom stereocenters. The predicted molar refractivity (Wildman–Crippen MR) is 72.8 cm³/mol. The quantitative estimate of drug-likeness (QED) is 0.757. The average Bonchev–Trinajstić information content (AvgIpc) is 2.34. The van der Waals surface area contributed by atoms with Crippen molar-refractivity contribution in [1.29, 1.82) is 0 Å². The number of nitrogens with one attached hydrogen (secondary N) is 1. The monoisotopic (exact) mass is 349 g/mol. The van der Waals surface area contributed by atoms with E-state index in [0.29, 0.717) is 5.56 Å². The van der Waals surface area contributed by atoms with Gasteiger partial charge in [0.1, 0.15) is 17.5 Å². The predicted octanol–water partition coefficient (Wildman–Crippen LogP) is 5.13. The molecule has 0 heterocycles. The standard InChI is InChI=1S/C13H8BrClF3N/c14-9-4-13(12(18)5-11(9)17)19-6-7-1-2-8(16)3-10(7)15/h1-5,19H,6H2. The fourth-order valence-corrected chi connectivity index (χ4v) is 2.09. The molecule has 0 fully saturated rings. The summed E-state index contributed by atoms with van der Waals surface area (Å²) in [7, 11) is 0. The van der Waals surface area contributed by atoms with Gasteiger partial charge < -0.3 is 5.32 Å². The molecule has 0 aliphatic carbocycles. The van der Waals surface area contributed by atoms with Gasteiger partial charge in [-0.15, -0.1) is 0 Å². The van der Waals surface area contributed by atoms with Crippen molar-refractivity contribution in [2.75, 3.05) is 5.32 Å². The highest BCUT2D eigenvalue weighted by atomic mass is 79.9. The molecule has 6 heteroatoms. The maximum Gasteiger partial charge on any atom is 0.149 e. The first-order valence-corrected chi connectivity index (χ1v) is 6.47. The van der Waals surface area contributed by atoms with Crippen LogP contribution in [0.4, 0.5) is 18.9 Å². The van der Waals surface area contributed by atoms with Gasteiger partial charge in [-0.1, -0.05) is 17.7 Å². The molecule has 0 aromatic heterocycles. The molecule has 0 bridgehead atoms. The van der Waals surface area contributed by atoms with Crippen molar-refractivity contribution < 1.29 is 13.2 Å². The second kappa shape index (κ2) is 5.84. The van der Waals surface area contributed by atoms with Crippen LogP contribution >= 0.6 is 27.5 Å². The first-order chi connectivity index (χ1) is 8.97. The molecule has 0 amide bonds. The third-order valence-electron chi connectivity index (χ3n) is 2.49. The van der Waals surface area contributed by atoms with Gasteiger partial charge in [0, 0.05) is 17.6 Å². The van der Waals surface area contributed by atoms with Gasteiger partial charge in [0.15, 0.2) is 0 Å². The normalized spacial score (nSPS) is 10.6. The summed E-state index contributed by atoms with van der Waals surface area (Å²) in [6.07, 6.45) is 0. The van der Waals surface area contributed by atoms with Crippen LogP contribution < -0.4 is 5.32 Å². The zero-order chi connectivity index (χ0) is 14.0. The number of hydrogen-bond acceptors (Lipinski definition) is 1. The first kappa shape index (κ1) is 14.2. The van der Waals surface area contributed by atoms with Crippen molar-refractivity contribution in [1.82, 2.24) is 0 Å². The highest BCUT2D eigenvalue weighted by Crippen LogP contribution is 2.25. The van der Waals surface area contributed by atoms with Crippen LogP contribution in [0, 0.1) is 17.5 Å². The van der Waals surface area contributed by atoms with Gasteiger partial charge in [0.25, 0.3) is 0 Å². The second-order valence-electron chi connectivity index (χ2n) is 3.84. The van der Waals surface area contributed by atoms with E-state index in [2.05, 4.69) is 21.2 Å². The molecule has 1 nitrogen and oxygen atoms in total. The highest BCUT2D eigenvalue weighted by molar-refractivity contribution is 9.10. The maximum atomic E-state index is 13.5. The molecule has 0 spiro atoms. The topological polar surface area (TPSA) is 12.0 Å². The number of anilines is 1. The molecule has 100 valence electrons. The van der Waals surface area contributed by atoms with E-state index in [1.807, 2.05) is 0 Å². The Labute approximate surface area is 121 Å². The molecule has 0 saturated carbocycles. The average molecular weight is 351 g/mol. The summed E-state index contributed by atoms with van der Waals surface area (Å²) in [4.78, 5) is 0. The summed E-state index contributed by atoms with van der Waals surface area (Å²) in [6.45, 7) is 0.202. The van der Waals surface area contributed by atoms with Crippen LogP contribution in [0.3, 0.4) is 0 Å². The second-order valence-corrected chi connectivity index (χ2v) is 5.10. The lowest BCUT2D eigenvalue weighted by Gasteiger charge is -2.10. The van der Waals surface area contributed by atoms with Crippen LogP contribution in [0.1, 0.15) is 5.56 Å². The van der Waals surface area contributed by atoms with Gasteiger partial charge in [0.05, 0.1) is 10.2 Å². The molecule has 1 N–H and O–H groups in total. The van der Waals surface area contributed by atoms with E-state index >= 15 is 0 Å². The Hall–Kier alpha value is -1.20. The van der Waals surface area contributed by atoms with E-state index in [9.17, 15) is 13.2 Å². The molecule has 2 rings (SSSR count). The van der Waals surface area contributed by atoms with Crippen molar-refractivity contribution in [3.63, 3.8) is 0 Å². The van der Waals surface area contributed by atoms with Crippen LogP contribution in [-0.2, 0) is 6.54 Å². The van der Waals surface area contributed by atoms with Gasteiger partial charge in [-0.3, -0.25) is 0 Å². The van der Waals surface area contributed by atoms with Gasteiger partial charge in [-0.2, -0.15) is 0 Å². The summed E-state index contributed by atoms with van der Waals surface area (Å²) in [5, 5.41) is 3.02. The molecule has 0 saturated heterocycles. The fourth-order valence-electron chi connectivity index (χ4n) is 1.51. The van der Waals surface area contributed by atoms with Crippen molar-refractivity contribution in [2.45, 2.75) is 6.54 Å². The molecule has 0 aliphatic heterocycles. The molecule has 19 heavy (non-hydrogen) atoms. The Kier molecular flexibility index (Phi) is 4.37. The van der Waals surface area contributed by atoms with E-state index in [4.69, 9.17) is 11.6 Å². The fraction of sp³-hybridized carbons (Fsp3) is 0.0769. The van der Waals surface area contributed by atoms with Crippen molar-refractivity contribution in [3.05, 3.63) is 62.8 Å². The zero-order valence-electron chi connectivity index (χ0n) is 9.48. The lowest BCUT2D eigenvalue weighted by atomic mass is 10.2. The largest absolute Gasteiger partial charge is 0.379 e. The SMILES string of the molecule is Fc1ccc(CNc2cc(Br)c(F)cc2F)c(Cl)c1. The van der Waals surface area contributed by atoms with Gasteiger partial charge in [-0.25, -0.2) is 13.2 Å². The number of hydrogen-bond donors (Lipinski definition) is 1. The maximum absolute atomic E-state index is 13.5. The van der Waals surface area contributed by atoms with Crippen LogP contribution in [0.25, 0.3) is 0 Å². The van der Waals surface area contributed by atoms with E-state index in [-0.39, 0.29) is 21.7 Å². The molecular weight excluding hydrogens is 343 g/mol. The van der Waals surface area contributed by atoms with Crippen molar-refractivity contribution in [3.8, 4) is 0 Å². The summed E-state index contributed by atoms with van der Waals surface area (Å²) < 4.78 is 39.5.